The molecule has 2 aromatic carbocycles. The number of nitrogens with zero attached hydrogens (tertiary/aromatic N) is 2. The Morgan fingerprint density at radius 3 is 2.76 bits per heavy atom. The number of nitrogens with two attached hydrogens (primary N) is 1. The molecule has 25 heavy (non-hydrogen) atoms. The van der Waals surface area contributed by atoms with Crippen LogP contribution < -0.4 is 15.8 Å². The summed E-state index contributed by atoms with van der Waals surface area (Å²) in [5, 5.41) is 12.5. The zero-order valence-corrected chi connectivity index (χ0v) is 14.2. The molecule has 0 aliphatic carbocycles. The summed E-state index contributed by atoms with van der Waals surface area (Å²) in [7, 11) is 1.63. The highest BCUT2D eigenvalue weighted by Crippen LogP contribution is 2.27. The minimum Gasteiger partial charge on any atom is -0.497 e. The number of hydrogen-bond donors (Lipinski definition) is 3. The van der Waals surface area contributed by atoms with Crippen molar-refractivity contribution in [2.45, 2.75) is 13.5 Å². The van der Waals surface area contributed by atoms with Gasteiger partial charge in [-0.1, -0.05) is 18.2 Å². The highest BCUT2D eigenvalue weighted by molar-refractivity contribution is 5.71. The number of nitrogen functional groups attached to an aromatic ring is 1. The van der Waals surface area contributed by atoms with Crippen LogP contribution in [0.3, 0.4) is 0 Å². The number of hydrogen-bond acceptors (Lipinski definition) is 6. The van der Waals surface area contributed by atoms with Crippen molar-refractivity contribution in [2.75, 3.05) is 18.2 Å². The Balaban J connectivity index is 1.94. The van der Waals surface area contributed by atoms with E-state index in [4.69, 9.17) is 10.5 Å². The normalized spacial score (nSPS) is 10.5. The molecule has 4 N–H and O–H groups in total. The maximum atomic E-state index is 9.30. The predicted molar refractivity (Wildman–Crippen MR) is 98.8 cm³/mol. The number of benzene rings is 2. The van der Waals surface area contributed by atoms with Gasteiger partial charge in [0.1, 0.15) is 5.75 Å². The first-order chi connectivity index (χ1) is 12.1. The first-order valence-corrected chi connectivity index (χ1v) is 7.85. The molecule has 1 aromatic heterocycles. The van der Waals surface area contributed by atoms with Crippen LogP contribution in [0.5, 0.6) is 5.75 Å². The maximum Gasteiger partial charge on any atom is 0.173 e. The van der Waals surface area contributed by atoms with Gasteiger partial charge in [-0.05, 0) is 42.3 Å². The minimum absolute atomic E-state index is 0.0214. The van der Waals surface area contributed by atoms with E-state index in [9.17, 15) is 5.11 Å². The molecule has 128 valence electrons. The molecular weight excluding hydrogens is 316 g/mol. The lowest BCUT2D eigenvalue weighted by atomic mass is 10.1. The van der Waals surface area contributed by atoms with Crippen molar-refractivity contribution in [3.63, 3.8) is 0 Å². The number of ether oxygens (including phenoxy) is 1. The van der Waals surface area contributed by atoms with E-state index in [-0.39, 0.29) is 6.61 Å². The standard InChI is InChI=1S/C19H20N4O2/c1-12-8-15(25-2)6-7-16(12)22-19-18(20)21-10-17(23-19)14-5-3-4-13(9-14)11-24/h3-10,24H,11H2,1-2H3,(H2,20,21)(H,22,23). The summed E-state index contributed by atoms with van der Waals surface area (Å²) in [4.78, 5) is 8.82. The number of methoxy groups -OCH3 is 1. The summed E-state index contributed by atoms with van der Waals surface area (Å²) >= 11 is 0. The van der Waals surface area contributed by atoms with Gasteiger partial charge in [0.25, 0.3) is 0 Å². The second-order valence-electron chi connectivity index (χ2n) is 5.65. The van der Waals surface area contributed by atoms with Gasteiger partial charge in [0.05, 0.1) is 25.6 Å². The van der Waals surface area contributed by atoms with Gasteiger partial charge in [-0.15, -0.1) is 0 Å². The Kier molecular flexibility index (Phi) is 4.81. The Labute approximate surface area is 146 Å². The minimum atomic E-state index is -0.0214. The molecule has 0 radical (unpaired) electrons. The molecule has 0 saturated carbocycles. The quantitative estimate of drug-likeness (QED) is 0.662. The lowest BCUT2D eigenvalue weighted by molar-refractivity contribution is 0.282. The number of aromatic nitrogens is 2. The van der Waals surface area contributed by atoms with E-state index in [0.717, 1.165) is 28.1 Å². The van der Waals surface area contributed by atoms with Gasteiger partial charge in [0.2, 0.25) is 0 Å². The van der Waals surface area contributed by atoms with E-state index in [1.165, 1.54) is 0 Å². The van der Waals surface area contributed by atoms with E-state index in [1.54, 1.807) is 13.3 Å². The van der Waals surface area contributed by atoms with E-state index >= 15 is 0 Å². The van der Waals surface area contributed by atoms with Crippen molar-refractivity contribution in [1.29, 1.82) is 0 Å². The summed E-state index contributed by atoms with van der Waals surface area (Å²) in [5.74, 6) is 1.59. The summed E-state index contributed by atoms with van der Waals surface area (Å²) < 4.78 is 5.22. The Morgan fingerprint density at radius 2 is 2.04 bits per heavy atom. The third kappa shape index (κ3) is 3.70. The van der Waals surface area contributed by atoms with Crippen LogP contribution in [0.25, 0.3) is 11.3 Å². The van der Waals surface area contributed by atoms with Crippen LogP contribution in [0.4, 0.5) is 17.3 Å². The number of nitrogens with one attached hydrogen (secondary N) is 1. The van der Waals surface area contributed by atoms with Crippen molar-refractivity contribution in [2.24, 2.45) is 0 Å². The fraction of sp³-hybridized carbons (Fsp3) is 0.158. The van der Waals surface area contributed by atoms with Gasteiger partial charge in [-0.3, -0.25) is 0 Å². The second-order valence-corrected chi connectivity index (χ2v) is 5.65. The summed E-state index contributed by atoms with van der Waals surface area (Å²) in [6.45, 7) is 1.95. The lowest BCUT2D eigenvalue weighted by Gasteiger charge is -2.13. The molecule has 0 amide bonds. The van der Waals surface area contributed by atoms with Gasteiger partial charge in [0, 0.05) is 11.3 Å². The highest BCUT2D eigenvalue weighted by Gasteiger charge is 2.09. The van der Waals surface area contributed by atoms with Crippen LogP contribution in [0.1, 0.15) is 11.1 Å². The maximum absolute atomic E-state index is 9.30. The summed E-state index contributed by atoms with van der Waals surface area (Å²) in [5.41, 5.74) is 10.2. The molecule has 3 aromatic rings. The van der Waals surface area contributed by atoms with Crippen LogP contribution in [-0.2, 0) is 6.61 Å². The summed E-state index contributed by atoms with van der Waals surface area (Å²) in [6.07, 6.45) is 1.62. The van der Waals surface area contributed by atoms with Crippen LogP contribution in [-0.4, -0.2) is 22.2 Å². The smallest absolute Gasteiger partial charge is 0.173 e. The number of aliphatic hydroxyl groups is 1. The van der Waals surface area contributed by atoms with Crippen molar-refractivity contribution in [3.05, 3.63) is 59.8 Å². The van der Waals surface area contributed by atoms with Gasteiger partial charge in [-0.2, -0.15) is 0 Å². The molecule has 0 saturated heterocycles. The molecule has 6 nitrogen and oxygen atoms in total. The molecule has 0 aliphatic heterocycles. The molecule has 0 atom stereocenters. The second kappa shape index (κ2) is 7.19. The molecule has 0 spiro atoms. The molecule has 0 unspecified atom stereocenters. The average molecular weight is 336 g/mol. The van der Waals surface area contributed by atoms with Crippen LogP contribution in [0.2, 0.25) is 0 Å². The molecule has 6 heteroatoms. The van der Waals surface area contributed by atoms with Crippen molar-refractivity contribution in [3.8, 4) is 17.0 Å². The fourth-order valence-electron chi connectivity index (χ4n) is 2.49. The van der Waals surface area contributed by atoms with Crippen molar-refractivity contribution in [1.82, 2.24) is 9.97 Å². The van der Waals surface area contributed by atoms with Crippen LogP contribution in [0.15, 0.2) is 48.7 Å². The van der Waals surface area contributed by atoms with Crippen molar-refractivity contribution >= 4 is 17.3 Å². The zero-order chi connectivity index (χ0) is 17.8. The predicted octanol–water partition coefficient (Wildman–Crippen LogP) is 3.28. The number of anilines is 3. The fourth-order valence-corrected chi connectivity index (χ4v) is 2.49. The monoisotopic (exact) mass is 336 g/mol. The summed E-state index contributed by atoms with van der Waals surface area (Å²) in [6, 6.07) is 13.2. The average Bonchev–Trinajstić information content (AvgIpc) is 2.65. The molecule has 0 bridgehead atoms. The molecule has 0 aliphatic rings. The lowest BCUT2D eigenvalue weighted by Crippen LogP contribution is -2.04. The van der Waals surface area contributed by atoms with Gasteiger partial charge >= 0.3 is 0 Å². The largest absolute Gasteiger partial charge is 0.497 e. The molecule has 3 rings (SSSR count). The van der Waals surface area contributed by atoms with E-state index < -0.39 is 0 Å². The van der Waals surface area contributed by atoms with E-state index in [1.807, 2.05) is 49.4 Å². The highest BCUT2D eigenvalue weighted by atomic mass is 16.5. The van der Waals surface area contributed by atoms with E-state index in [2.05, 4.69) is 15.3 Å². The Hall–Kier alpha value is -3.12. The van der Waals surface area contributed by atoms with Gasteiger partial charge in [0.15, 0.2) is 11.6 Å². The van der Waals surface area contributed by atoms with Gasteiger partial charge in [-0.25, -0.2) is 9.97 Å². The Morgan fingerprint density at radius 1 is 1.20 bits per heavy atom. The van der Waals surface area contributed by atoms with Crippen LogP contribution in [0, 0.1) is 6.92 Å². The third-order valence-electron chi connectivity index (χ3n) is 3.89. The van der Waals surface area contributed by atoms with Crippen molar-refractivity contribution < 1.29 is 9.84 Å². The first kappa shape index (κ1) is 16.7. The van der Waals surface area contributed by atoms with E-state index in [0.29, 0.717) is 17.3 Å². The zero-order valence-electron chi connectivity index (χ0n) is 14.2. The third-order valence-corrected chi connectivity index (χ3v) is 3.89. The number of rotatable bonds is 5. The number of aryl methyl sites for hydroxylation is 1. The van der Waals surface area contributed by atoms with Crippen LogP contribution >= 0.6 is 0 Å². The molecule has 0 fully saturated rings. The molecule has 1 heterocycles. The topological polar surface area (TPSA) is 93.3 Å². The Bertz CT molecular complexity index is 896. The number of aliphatic hydroxyl groups excluding tert-OH is 1. The first-order valence-electron chi connectivity index (χ1n) is 7.85. The SMILES string of the molecule is COc1ccc(Nc2nc(-c3cccc(CO)c3)cnc2N)c(C)c1. The van der Waals surface area contributed by atoms with Gasteiger partial charge < -0.3 is 20.9 Å². The molecular formula is C19H20N4O2.